The van der Waals surface area contributed by atoms with Crippen LogP contribution in [0.3, 0.4) is 0 Å². The number of hydrogen-bond acceptors (Lipinski definition) is 5. The number of carbonyl (C=O) groups excluding carboxylic acids is 1. The van der Waals surface area contributed by atoms with E-state index in [1.165, 1.54) is 12.2 Å². The minimum absolute atomic E-state index is 0.159. The highest BCUT2D eigenvalue weighted by molar-refractivity contribution is 7.87. The fraction of sp³-hybridized carbons (Fsp3) is 0.316. The smallest absolute Gasteiger partial charge is 0.294 e. The summed E-state index contributed by atoms with van der Waals surface area (Å²) in [6.45, 7) is 0. The highest BCUT2D eigenvalue weighted by Crippen LogP contribution is 2.34. The number of rotatable bonds is 5. The van der Waals surface area contributed by atoms with E-state index in [0.717, 1.165) is 10.8 Å². The maximum atomic E-state index is 12.9. The summed E-state index contributed by atoms with van der Waals surface area (Å²) in [7, 11) is -5.77. The van der Waals surface area contributed by atoms with Gasteiger partial charge in [0.1, 0.15) is 0 Å². The topological polar surface area (TPSA) is 60.4 Å². The average molecular weight is 430 g/mol. The zero-order valence-electron chi connectivity index (χ0n) is 14.5. The van der Waals surface area contributed by atoms with E-state index >= 15 is 0 Å². The fourth-order valence-corrected chi connectivity index (χ4v) is 4.24. The van der Waals surface area contributed by atoms with Crippen LogP contribution in [0.2, 0.25) is 0 Å². The van der Waals surface area contributed by atoms with Crippen LogP contribution in [0.4, 0.5) is 13.2 Å². The van der Waals surface area contributed by atoms with Gasteiger partial charge in [0.25, 0.3) is 0 Å². The first-order chi connectivity index (χ1) is 13.1. The summed E-state index contributed by atoms with van der Waals surface area (Å²) in [5, 5.41) is 1.28. The van der Waals surface area contributed by atoms with Crippen LogP contribution in [-0.4, -0.2) is 31.1 Å². The van der Waals surface area contributed by atoms with Gasteiger partial charge < -0.3 is 0 Å². The van der Waals surface area contributed by atoms with Gasteiger partial charge in [-0.2, -0.15) is 34.2 Å². The summed E-state index contributed by atoms with van der Waals surface area (Å²) in [5.41, 5.74) is -5.09. The molecule has 0 aliphatic heterocycles. The molecule has 150 valence electrons. The Balaban J connectivity index is 1.86. The third-order valence-corrected chi connectivity index (χ3v) is 6.02. The molecule has 1 aliphatic carbocycles. The Kier molecular flexibility index (Phi) is 5.88. The molecule has 2 aromatic carbocycles. The molecule has 0 spiro atoms. The summed E-state index contributed by atoms with van der Waals surface area (Å²) >= 11 is 4.27. The van der Waals surface area contributed by atoms with Gasteiger partial charge in [-0.15, -0.1) is 0 Å². The van der Waals surface area contributed by atoms with Gasteiger partial charge in [0.05, 0.1) is 6.10 Å². The molecular formula is C19H17F3O4S2. The molecule has 0 bridgehead atoms. The molecular weight excluding hydrogens is 413 g/mol. The summed E-state index contributed by atoms with van der Waals surface area (Å²) in [6, 6.07) is 12.5. The Bertz CT molecular complexity index is 1010. The van der Waals surface area contributed by atoms with Gasteiger partial charge in [0, 0.05) is 17.2 Å². The lowest BCUT2D eigenvalue weighted by Gasteiger charge is -2.29. The van der Waals surface area contributed by atoms with Gasteiger partial charge in [-0.1, -0.05) is 54.6 Å². The summed E-state index contributed by atoms with van der Waals surface area (Å²) in [4.78, 5) is 12.9. The molecule has 0 saturated heterocycles. The van der Waals surface area contributed by atoms with Crippen LogP contribution in [0.1, 0.15) is 23.2 Å². The van der Waals surface area contributed by atoms with Crippen molar-refractivity contribution in [2.75, 3.05) is 0 Å². The maximum Gasteiger partial charge on any atom is 0.523 e. The fourth-order valence-electron chi connectivity index (χ4n) is 3.25. The first-order valence-corrected chi connectivity index (χ1v) is 10.4. The molecule has 3 atom stereocenters. The SMILES string of the molecule is O=C(CC1CC(S)C=CC1OS(=O)(=O)C(F)(F)F)c1cccc2ccccc12. The Labute approximate surface area is 165 Å². The van der Waals surface area contributed by atoms with Crippen LogP contribution < -0.4 is 0 Å². The van der Waals surface area contributed by atoms with Crippen molar-refractivity contribution < 1.29 is 30.6 Å². The van der Waals surface area contributed by atoms with E-state index in [4.69, 9.17) is 0 Å². The second-order valence-electron chi connectivity index (χ2n) is 6.56. The number of benzene rings is 2. The van der Waals surface area contributed by atoms with Crippen molar-refractivity contribution >= 4 is 39.3 Å². The van der Waals surface area contributed by atoms with Crippen LogP contribution >= 0.6 is 12.6 Å². The van der Waals surface area contributed by atoms with Gasteiger partial charge in [-0.25, -0.2) is 0 Å². The minimum atomic E-state index is -5.77. The Morgan fingerprint density at radius 2 is 1.79 bits per heavy atom. The predicted octanol–water partition coefficient (Wildman–Crippen LogP) is 4.52. The normalized spacial score (nSPS) is 23.1. The molecule has 0 fully saturated rings. The number of halogens is 3. The number of carbonyl (C=O) groups is 1. The maximum absolute atomic E-state index is 12.9. The van der Waals surface area contributed by atoms with Gasteiger partial charge in [-0.3, -0.25) is 8.98 Å². The van der Waals surface area contributed by atoms with Gasteiger partial charge >= 0.3 is 15.6 Å². The largest absolute Gasteiger partial charge is 0.523 e. The number of thiol groups is 1. The molecule has 0 heterocycles. The molecule has 2 aromatic rings. The second-order valence-corrected chi connectivity index (χ2v) is 8.79. The Hall–Kier alpha value is -1.84. The van der Waals surface area contributed by atoms with E-state index in [2.05, 4.69) is 16.8 Å². The molecule has 0 radical (unpaired) electrons. The molecule has 9 heteroatoms. The summed E-state index contributed by atoms with van der Waals surface area (Å²) in [6.07, 6.45) is 1.38. The third-order valence-electron chi connectivity index (χ3n) is 4.59. The minimum Gasteiger partial charge on any atom is -0.294 e. The van der Waals surface area contributed by atoms with Gasteiger partial charge in [-0.05, 0) is 23.1 Å². The van der Waals surface area contributed by atoms with E-state index in [9.17, 15) is 26.4 Å². The lowest BCUT2D eigenvalue weighted by Crippen LogP contribution is -2.36. The molecule has 0 saturated carbocycles. The molecule has 28 heavy (non-hydrogen) atoms. The highest BCUT2D eigenvalue weighted by atomic mass is 32.2. The van der Waals surface area contributed by atoms with Crippen LogP contribution in [-0.2, 0) is 14.3 Å². The number of alkyl halides is 3. The van der Waals surface area contributed by atoms with Crippen LogP contribution in [0.15, 0.2) is 54.6 Å². The van der Waals surface area contributed by atoms with Crippen molar-refractivity contribution in [3.63, 3.8) is 0 Å². The van der Waals surface area contributed by atoms with E-state index in [1.54, 1.807) is 24.3 Å². The number of hydrogen-bond donors (Lipinski definition) is 1. The van der Waals surface area contributed by atoms with E-state index in [-0.39, 0.29) is 23.9 Å². The monoisotopic (exact) mass is 430 g/mol. The zero-order valence-corrected chi connectivity index (χ0v) is 16.2. The van der Waals surface area contributed by atoms with Crippen LogP contribution in [0.25, 0.3) is 10.8 Å². The number of ketones is 1. The molecule has 0 N–H and O–H groups in total. The standard InChI is InChI=1S/C19H17F3O4S2/c20-19(21,22)28(24,25)26-18-9-8-14(27)10-13(18)11-17(23)16-7-3-5-12-4-1-2-6-15(12)16/h1-9,13-14,18,27H,10-11H2. The second kappa shape index (κ2) is 7.88. The zero-order chi connectivity index (χ0) is 20.5. The highest BCUT2D eigenvalue weighted by Gasteiger charge is 2.49. The van der Waals surface area contributed by atoms with Gasteiger partial charge in [0.15, 0.2) is 5.78 Å². The molecule has 3 rings (SSSR count). The first-order valence-electron chi connectivity index (χ1n) is 8.45. The Morgan fingerprint density at radius 1 is 1.11 bits per heavy atom. The summed E-state index contributed by atoms with van der Waals surface area (Å²) in [5.74, 6) is -1.05. The lowest BCUT2D eigenvalue weighted by molar-refractivity contribution is -0.0577. The molecule has 4 nitrogen and oxygen atoms in total. The van der Waals surface area contributed by atoms with E-state index < -0.39 is 27.6 Å². The molecule has 0 amide bonds. The van der Waals surface area contributed by atoms with Crippen molar-refractivity contribution in [2.45, 2.75) is 29.7 Å². The van der Waals surface area contributed by atoms with Gasteiger partial charge in [0.2, 0.25) is 0 Å². The van der Waals surface area contributed by atoms with Crippen molar-refractivity contribution in [2.24, 2.45) is 5.92 Å². The first kappa shape index (κ1) is 20.9. The third kappa shape index (κ3) is 4.42. The Morgan fingerprint density at radius 3 is 2.50 bits per heavy atom. The lowest BCUT2D eigenvalue weighted by atomic mass is 9.85. The van der Waals surface area contributed by atoms with Crippen LogP contribution in [0.5, 0.6) is 0 Å². The molecule has 0 aromatic heterocycles. The predicted molar refractivity (Wildman–Crippen MR) is 103 cm³/mol. The number of fused-ring (bicyclic) bond motifs is 1. The summed E-state index contributed by atoms with van der Waals surface area (Å²) < 4.78 is 65.2. The van der Waals surface area contributed by atoms with Crippen LogP contribution in [0, 0.1) is 5.92 Å². The average Bonchev–Trinajstić information content (AvgIpc) is 2.62. The van der Waals surface area contributed by atoms with Crippen molar-refractivity contribution in [1.82, 2.24) is 0 Å². The van der Waals surface area contributed by atoms with E-state index in [0.29, 0.717) is 5.56 Å². The van der Waals surface area contributed by atoms with E-state index in [1.807, 2.05) is 18.2 Å². The number of Topliss-reactive ketones (excluding diaryl/α,β-unsaturated/α-hetero) is 1. The van der Waals surface area contributed by atoms with Crippen molar-refractivity contribution in [3.05, 3.63) is 60.2 Å². The van der Waals surface area contributed by atoms with Crippen molar-refractivity contribution in [3.8, 4) is 0 Å². The molecule has 3 unspecified atom stereocenters. The van der Waals surface area contributed by atoms with Crippen molar-refractivity contribution in [1.29, 1.82) is 0 Å². The molecule has 1 aliphatic rings. The quantitative estimate of drug-likeness (QED) is 0.249.